The second-order valence-corrected chi connectivity index (χ2v) is 3.70. The van der Waals surface area contributed by atoms with Gasteiger partial charge < -0.3 is 4.90 Å². The van der Waals surface area contributed by atoms with Crippen molar-refractivity contribution in [1.82, 2.24) is 15.1 Å². The van der Waals surface area contributed by atoms with Gasteiger partial charge >= 0.3 is 0 Å². The molecule has 4 nitrogen and oxygen atoms in total. The molecule has 1 saturated heterocycles. The maximum absolute atomic E-state index is 11.7. The highest BCUT2D eigenvalue weighted by atomic mass is 16.2. The van der Waals surface area contributed by atoms with Gasteiger partial charge in [0.25, 0.3) is 0 Å². The first-order valence-corrected chi connectivity index (χ1v) is 5.12. The maximum atomic E-state index is 11.7. The quantitative estimate of drug-likeness (QED) is 0.760. The number of amides is 1. The van der Waals surface area contributed by atoms with Crippen LogP contribution >= 0.6 is 0 Å². The molecule has 1 aromatic rings. The molecule has 0 atom stereocenters. The lowest BCUT2D eigenvalue weighted by Gasteiger charge is -2.26. The van der Waals surface area contributed by atoms with E-state index in [2.05, 4.69) is 10.2 Å². The topological polar surface area (TPSA) is 49.0 Å². The summed E-state index contributed by atoms with van der Waals surface area (Å²) in [6.45, 7) is 1.85. The summed E-state index contributed by atoms with van der Waals surface area (Å²) in [5.74, 6) is 0.217. The third-order valence-corrected chi connectivity index (χ3v) is 2.61. The first-order valence-electron chi connectivity index (χ1n) is 5.12. The van der Waals surface area contributed by atoms with E-state index in [4.69, 9.17) is 0 Å². The second-order valence-electron chi connectivity index (χ2n) is 3.70. The Morgan fingerprint density at radius 2 is 2.21 bits per heavy atom. The van der Waals surface area contributed by atoms with Crippen LogP contribution < -0.4 is 0 Å². The lowest BCUT2D eigenvalue weighted by molar-refractivity contribution is -0.131. The third kappa shape index (κ3) is 2.13. The molecule has 0 radical (unpaired) electrons. The van der Waals surface area contributed by atoms with E-state index in [1.54, 1.807) is 6.20 Å². The summed E-state index contributed by atoms with van der Waals surface area (Å²) >= 11 is 0. The SMILES string of the molecule is O=C(Cc1ccn[nH]1)N1CCCCC1. The zero-order valence-corrected chi connectivity index (χ0v) is 8.20. The van der Waals surface area contributed by atoms with Crippen molar-refractivity contribution in [2.75, 3.05) is 13.1 Å². The molecular formula is C10H15N3O. The minimum atomic E-state index is 0.217. The van der Waals surface area contributed by atoms with Gasteiger partial charge in [0, 0.05) is 25.0 Å². The largest absolute Gasteiger partial charge is 0.342 e. The standard InChI is InChI=1S/C10H15N3O/c14-10(8-9-4-5-11-12-9)13-6-2-1-3-7-13/h4-5H,1-3,6-8H2,(H,11,12). The molecule has 0 unspecified atom stereocenters. The summed E-state index contributed by atoms with van der Waals surface area (Å²) in [4.78, 5) is 13.7. The Morgan fingerprint density at radius 3 is 2.86 bits per heavy atom. The normalized spacial score (nSPS) is 17.0. The van der Waals surface area contributed by atoms with E-state index in [1.807, 2.05) is 11.0 Å². The van der Waals surface area contributed by atoms with Crippen LogP contribution in [0.25, 0.3) is 0 Å². The lowest BCUT2D eigenvalue weighted by atomic mass is 10.1. The van der Waals surface area contributed by atoms with E-state index in [1.165, 1.54) is 6.42 Å². The molecule has 14 heavy (non-hydrogen) atoms. The van der Waals surface area contributed by atoms with Crippen LogP contribution in [0.1, 0.15) is 25.0 Å². The Labute approximate surface area is 83.3 Å². The summed E-state index contributed by atoms with van der Waals surface area (Å²) in [6.07, 6.45) is 5.69. The number of carbonyl (C=O) groups excluding carboxylic acids is 1. The molecule has 0 aliphatic carbocycles. The molecule has 76 valence electrons. The first kappa shape index (κ1) is 9.24. The number of nitrogens with one attached hydrogen (secondary N) is 1. The van der Waals surface area contributed by atoms with Crippen molar-refractivity contribution in [2.45, 2.75) is 25.7 Å². The molecule has 4 heteroatoms. The predicted molar refractivity (Wildman–Crippen MR) is 52.7 cm³/mol. The zero-order valence-electron chi connectivity index (χ0n) is 8.20. The van der Waals surface area contributed by atoms with Crippen LogP contribution in [0.3, 0.4) is 0 Å². The van der Waals surface area contributed by atoms with Gasteiger partial charge in [-0.1, -0.05) is 0 Å². The van der Waals surface area contributed by atoms with Gasteiger partial charge in [0.15, 0.2) is 0 Å². The smallest absolute Gasteiger partial charge is 0.228 e. The van der Waals surface area contributed by atoms with Crippen molar-refractivity contribution in [1.29, 1.82) is 0 Å². The van der Waals surface area contributed by atoms with Crippen molar-refractivity contribution in [3.8, 4) is 0 Å². The Hall–Kier alpha value is -1.32. The molecule has 1 N–H and O–H groups in total. The molecule has 1 amide bonds. The summed E-state index contributed by atoms with van der Waals surface area (Å²) < 4.78 is 0. The summed E-state index contributed by atoms with van der Waals surface area (Å²) in [7, 11) is 0. The van der Waals surface area contributed by atoms with Gasteiger partial charge in [-0.25, -0.2) is 0 Å². The minimum Gasteiger partial charge on any atom is -0.342 e. The van der Waals surface area contributed by atoms with Crippen molar-refractivity contribution in [2.24, 2.45) is 0 Å². The van der Waals surface area contributed by atoms with E-state index in [0.717, 1.165) is 31.6 Å². The Morgan fingerprint density at radius 1 is 1.43 bits per heavy atom. The minimum absolute atomic E-state index is 0.217. The summed E-state index contributed by atoms with van der Waals surface area (Å²) in [5, 5.41) is 6.63. The molecule has 0 spiro atoms. The number of hydrogen-bond donors (Lipinski definition) is 1. The molecule has 0 bridgehead atoms. The number of piperidine rings is 1. The highest BCUT2D eigenvalue weighted by Crippen LogP contribution is 2.10. The number of nitrogens with zero attached hydrogens (tertiary/aromatic N) is 2. The fourth-order valence-corrected chi connectivity index (χ4v) is 1.80. The van der Waals surface area contributed by atoms with Crippen LogP contribution in [-0.2, 0) is 11.2 Å². The first-order chi connectivity index (χ1) is 6.86. The number of H-pyrrole nitrogens is 1. The molecule has 1 fully saturated rings. The van der Waals surface area contributed by atoms with Crippen LogP contribution in [0.5, 0.6) is 0 Å². The van der Waals surface area contributed by atoms with Gasteiger partial charge in [-0.05, 0) is 25.3 Å². The Balaban J connectivity index is 1.88. The summed E-state index contributed by atoms with van der Waals surface area (Å²) in [6, 6.07) is 1.85. The van der Waals surface area contributed by atoms with E-state index < -0.39 is 0 Å². The van der Waals surface area contributed by atoms with Gasteiger partial charge in [0.2, 0.25) is 5.91 Å². The van der Waals surface area contributed by atoms with Crippen molar-refractivity contribution < 1.29 is 4.79 Å². The highest BCUT2D eigenvalue weighted by molar-refractivity contribution is 5.78. The Kier molecular flexibility index (Phi) is 2.81. The molecule has 0 aromatic carbocycles. The number of carbonyl (C=O) groups is 1. The molecule has 1 aliphatic heterocycles. The number of aromatic amines is 1. The van der Waals surface area contributed by atoms with Gasteiger partial charge in [-0.15, -0.1) is 0 Å². The molecule has 1 aliphatic rings. The number of rotatable bonds is 2. The number of likely N-dealkylation sites (tertiary alicyclic amines) is 1. The van der Waals surface area contributed by atoms with Gasteiger partial charge in [-0.3, -0.25) is 9.89 Å². The fourth-order valence-electron chi connectivity index (χ4n) is 1.80. The van der Waals surface area contributed by atoms with Gasteiger partial charge in [0.05, 0.1) is 6.42 Å². The second kappa shape index (κ2) is 4.26. The van der Waals surface area contributed by atoms with Crippen LogP contribution in [0.15, 0.2) is 12.3 Å². The lowest BCUT2D eigenvalue weighted by Crippen LogP contribution is -2.36. The van der Waals surface area contributed by atoms with E-state index >= 15 is 0 Å². The number of hydrogen-bond acceptors (Lipinski definition) is 2. The van der Waals surface area contributed by atoms with E-state index in [9.17, 15) is 4.79 Å². The third-order valence-electron chi connectivity index (χ3n) is 2.61. The van der Waals surface area contributed by atoms with Gasteiger partial charge in [0.1, 0.15) is 0 Å². The summed E-state index contributed by atoms with van der Waals surface area (Å²) in [5.41, 5.74) is 0.903. The zero-order chi connectivity index (χ0) is 9.80. The van der Waals surface area contributed by atoms with E-state index in [0.29, 0.717) is 6.42 Å². The van der Waals surface area contributed by atoms with Crippen molar-refractivity contribution in [3.63, 3.8) is 0 Å². The van der Waals surface area contributed by atoms with Crippen molar-refractivity contribution >= 4 is 5.91 Å². The average Bonchev–Trinajstić information content (AvgIpc) is 2.72. The Bertz CT molecular complexity index is 288. The molecular weight excluding hydrogens is 178 g/mol. The average molecular weight is 193 g/mol. The van der Waals surface area contributed by atoms with Crippen molar-refractivity contribution in [3.05, 3.63) is 18.0 Å². The van der Waals surface area contributed by atoms with E-state index in [-0.39, 0.29) is 5.91 Å². The molecule has 1 aromatic heterocycles. The van der Waals surface area contributed by atoms with Crippen LogP contribution in [-0.4, -0.2) is 34.1 Å². The monoisotopic (exact) mass is 193 g/mol. The van der Waals surface area contributed by atoms with Gasteiger partial charge in [-0.2, -0.15) is 5.10 Å². The maximum Gasteiger partial charge on any atom is 0.228 e. The van der Waals surface area contributed by atoms with Crippen LogP contribution in [0, 0.1) is 0 Å². The molecule has 2 rings (SSSR count). The highest BCUT2D eigenvalue weighted by Gasteiger charge is 2.16. The molecule has 0 saturated carbocycles. The molecule has 2 heterocycles. The fraction of sp³-hybridized carbons (Fsp3) is 0.600. The van der Waals surface area contributed by atoms with Crippen LogP contribution in [0.4, 0.5) is 0 Å². The number of aromatic nitrogens is 2. The predicted octanol–water partition coefficient (Wildman–Crippen LogP) is 0.965. The van der Waals surface area contributed by atoms with Crippen LogP contribution in [0.2, 0.25) is 0 Å².